The van der Waals surface area contributed by atoms with E-state index in [4.69, 9.17) is 0 Å². The van der Waals surface area contributed by atoms with Crippen molar-refractivity contribution in [3.8, 4) is 0 Å². The van der Waals surface area contributed by atoms with Crippen molar-refractivity contribution in [1.82, 2.24) is 10.2 Å². The van der Waals surface area contributed by atoms with E-state index in [1.807, 2.05) is 11.8 Å². The Hall–Kier alpha value is 0.270. The van der Waals surface area contributed by atoms with Gasteiger partial charge in [-0.3, -0.25) is 4.90 Å². The molecule has 0 aromatic carbocycles. The van der Waals surface area contributed by atoms with Crippen LogP contribution in [0.3, 0.4) is 0 Å². The SMILES string of the molecule is CCC1CNC(C)CN1CCCSC. The van der Waals surface area contributed by atoms with Crippen LogP contribution in [0.25, 0.3) is 0 Å². The molecule has 0 bridgehead atoms. The predicted octanol–water partition coefficient (Wildman–Crippen LogP) is 1.81. The second-order valence-corrected chi connectivity index (χ2v) is 5.20. The molecule has 84 valence electrons. The Labute approximate surface area is 92.8 Å². The summed E-state index contributed by atoms with van der Waals surface area (Å²) in [4.78, 5) is 2.66. The number of thioether (sulfide) groups is 1. The van der Waals surface area contributed by atoms with Gasteiger partial charge in [0.25, 0.3) is 0 Å². The average Bonchev–Trinajstić information content (AvgIpc) is 2.19. The molecule has 1 aliphatic rings. The molecule has 1 fully saturated rings. The fourth-order valence-electron chi connectivity index (χ4n) is 2.12. The summed E-state index contributed by atoms with van der Waals surface area (Å²) in [6.45, 7) is 8.27. The lowest BCUT2D eigenvalue weighted by Crippen LogP contribution is -2.55. The van der Waals surface area contributed by atoms with Gasteiger partial charge in [-0.2, -0.15) is 11.8 Å². The molecule has 2 atom stereocenters. The molecular formula is C11H24N2S. The molecular weight excluding hydrogens is 192 g/mol. The molecule has 1 rings (SSSR count). The molecule has 2 unspecified atom stereocenters. The van der Waals surface area contributed by atoms with Crippen molar-refractivity contribution in [2.24, 2.45) is 0 Å². The van der Waals surface area contributed by atoms with Crippen LogP contribution in [0.4, 0.5) is 0 Å². The summed E-state index contributed by atoms with van der Waals surface area (Å²) in [5, 5.41) is 3.56. The van der Waals surface area contributed by atoms with Gasteiger partial charge in [0.15, 0.2) is 0 Å². The van der Waals surface area contributed by atoms with Gasteiger partial charge in [-0.05, 0) is 38.3 Å². The van der Waals surface area contributed by atoms with Crippen molar-refractivity contribution < 1.29 is 0 Å². The van der Waals surface area contributed by atoms with E-state index in [0.29, 0.717) is 6.04 Å². The summed E-state index contributed by atoms with van der Waals surface area (Å²) in [6, 6.07) is 1.44. The van der Waals surface area contributed by atoms with Crippen molar-refractivity contribution in [3.05, 3.63) is 0 Å². The van der Waals surface area contributed by atoms with E-state index < -0.39 is 0 Å². The Balaban J connectivity index is 2.29. The largest absolute Gasteiger partial charge is 0.311 e. The summed E-state index contributed by atoms with van der Waals surface area (Å²) in [7, 11) is 0. The minimum atomic E-state index is 0.673. The molecule has 1 saturated heterocycles. The summed E-state index contributed by atoms with van der Waals surface area (Å²) in [5.74, 6) is 1.30. The van der Waals surface area contributed by atoms with Crippen LogP contribution < -0.4 is 5.32 Å². The van der Waals surface area contributed by atoms with E-state index in [-0.39, 0.29) is 0 Å². The first-order valence-electron chi connectivity index (χ1n) is 5.74. The molecule has 0 saturated carbocycles. The van der Waals surface area contributed by atoms with Crippen LogP contribution in [0.5, 0.6) is 0 Å². The van der Waals surface area contributed by atoms with Crippen LogP contribution in [0.1, 0.15) is 26.7 Å². The maximum Gasteiger partial charge on any atom is 0.0218 e. The van der Waals surface area contributed by atoms with Crippen molar-refractivity contribution in [3.63, 3.8) is 0 Å². The maximum absolute atomic E-state index is 3.56. The summed E-state index contributed by atoms with van der Waals surface area (Å²) < 4.78 is 0. The minimum absolute atomic E-state index is 0.673. The predicted molar refractivity (Wildman–Crippen MR) is 66.1 cm³/mol. The quantitative estimate of drug-likeness (QED) is 0.706. The number of hydrogen-bond donors (Lipinski definition) is 1. The maximum atomic E-state index is 3.56. The van der Waals surface area contributed by atoms with Gasteiger partial charge in [0.05, 0.1) is 0 Å². The zero-order valence-corrected chi connectivity index (χ0v) is 10.6. The minimum Gasteiger partial charge on any atom is -0.311 e. The summed E-state index contributed by atoms with van der Waals surface area (Å²) in [5.41, 5.74) is 0. The van der Waals surface area contributed by atoms with Crippen molar-refractivity contribution in [2.75, 3.05) is 31.6 Å². The first kappa shape index (κ1) is 12.3. The molecule has 3 heteroatoms. The van der Waals surface area contributed by atoms with E-state index in [1.54, 1.807) is 0 Å². The molecule has 2 nitrogen and oxygen atoms in total. The fraction of sp³-hybridized carbons (Fsp3) is 1.00. The Bertz CT molecular complexity index is 152. The van der Waals surface area contributed by atoms with Gasteiger partial charge in [-0.1, -0.05) is 6.92 Å². The number of nitrogens with zero attached hydrogens (tertiary/aromatic N) is 1. The highest BCUT2D eigenvalue weighted by molar-refractivity contribution is 7.98. The Morgan fingerprint density at radius 2 is 2.29 bits per heavy atom. The van der Waals surface area contributed by atoms with E-state index in [9.17, 15) is 0 Å². The van der Waals surface area contributed by atoms with Crippen LogP contribution in [0, 0.1) is 0 Å². The fourth-order valence-corrected chi connectivity index (χ4v) is 2.54. The van der Waals surface area contributed by atoms with Crippen LogP contribution in [-0.4, -0.2) is 48.6 Å². The van der Waals surface area contributed by atoms with Crippen LogP contribution in [0.15, 0.2) is 0 Å². The van der Waals surface area contributed by atoms with Crippen molar-refractivity contribution in [2.45, 2.75) is 38.8 Å². The van der Waals surface area contributed by atoms with Gasteiger partial charge in [-0.15, -0.1) is 0 Å². The lowest BCUT2D eigenvalue weighted by atomic mass is 10.1. The van der Waals surface area contributed by atoms with Crippen LogP contribution in [0.2, 0.25) is 0 Å². The van der Waals surface area contributed by atoms with Gasteiger partial charge in [0, 0.05) is 25.2 Å². The number of hydrogen-bond acceptors (Lipinski definition) is 3. The Kier molecular flexibility index (Phi) is 5.90. The zero-order valence-electron chi connectivity index (χ0n) is 9.75. The van der Waals surface area contributed by atoms with Crippen LogP contribution >= 0.6 is 11.8 Å². The highest BCUT2D eigenvalue weighted by Gasteiger charge is 2.23. The molecule has 0 spiro atoms. The molecule has 0 radical (unpaired) electrons. The standard InChI is InChI=1S/C11H24N2S/c1-4-11-8-12-10(2)9-13(11)6-5-7-14-3/h10-12H,4-9H2,1-3H3. The molecule has 0 aromatic rings. The van der Waals surface area contributed by atoms with Crippen molar-refractivity contribution >= 4 is 11.8 Å². The number of piperazine rings is 1. The van der Waals surface area contributed by atoms with E-state index >= 15 is 0 Å². The zero-order chi connectivity index (χ0) is 10.4. The highest BCUT2D eigenvalue weighted by Crippen LogP contribution is 2.11. The average molecular weight is 216 g/mol. The lowest BCUT2D eigenvalue weighted by Gasteiger charge is -2.39. The molecule has 1 N–H and O–H groups in total. The van der Waals surface area contributed by atoms with Crippen LogP contribution in [-0.2, 0) is 0 Å². The molecule has 1 heterocycles. The summed E-state index contributed by atoms with van der Waals surface area (Å²) in [6.07, 6.45) is 4.81. The molecule has 0 aromatic heterocycles. The first-order chi connectivity index (χ1) is 6.77. The first-order valence-corrected chi connectivity index (χ1v) is 7.13. The third-order valence-corrected chi connectivity index (χ3v) is 3.69. The van der Waals surface area contributed by atoms with Gasteiger partial charge >= 0.3 is 0 Å². The van der Waals surface area contributed by atoms with Gasteiger partial charge in [0.1, 0.15) is 0 Å². The molecule has 0 aliphatic carbocycles. The monoisotopic (exact) mass is 216 g/mol. The number of rotatable bonds is 5. The molecule has 14 heavy (non-hydrogen) atoms. The van der Waals surface area contributed by atoms with E-state index in [0.717, 1.165) is 6.04 Å². The smallest absolute Gasteiger partial charge is 0.0218 e. The highest BCUT2D eigenvalue weighted by atomic mass is 32.2. The lowest BCUT2D eigenvalue weighted by molar-refractivity contribution is 0.132. The molecule has 0 amide bonds. The number of nitrogens with one attached hydrogen (secondary N) is 1. The van der Waals surface area contributed by atoms with Gasteiger partial charge < -0.3 is 5.32 Å². The van der Waals surface area contributed by atoms with Gasteiger partial charge in [0.2, 0.25) is 0 Å². The third kappa shape index (κ3) is 3.79. The van der Waals surface area contributed by atoms with E-state index in [2.05, 4.69) is 30.3 Å². The third-order valence-electron chi connectivity index (χ3n) is 2.99. The Morgan fingerprint density at radius 1 is 1.50 bits per heavy atom. The second kappa shape index (κ2) is 6.70. The second-order valence-electron chi connectivity index (χ2n) is 4.21. The topological polar surface area (TPSA) is 15.3 Å². The van der Waals surface area contributed by atoms with Gasteiger partial charge in [-0.25, -0.2) is 0 Å². The van der Waals surface area contributed by atoms with Crippen molar-refractivity contribution in [1.29, 1.82) is 0 Å². The van der Waals surface area contributed by atoms with E-state index in [1.165, 1.54) is 38.2 Å². The normalized spacial score (nSPS) is 29.4. The molecule has 1 aliphatic heterocycles. The Morgan fingerprint density at radius 3 is 2.93 bits per heavy atom. The summed E-state index contributed by atoms with van der Waals surface area (Å²) >= 11 is 1.96.